The number of rotatable bonds is 0. The maximum Gasteiger partial charge on any atom is 0.155 e. The van der Waals surface area contributed by atoms with Gasteiger partial charge >= 0.3 is 0 Å². The van der Waals surface area contributed by atoms with Crippen LogP contribution in [-0.4, -0.2) is 27.7 Å². The number of terminal acetylenes is 1. The van der Waals surface area contributed by atoms with E-state index in [1.54, 1.807) is 6.08 Å². The van der Waals surface area contributed by atoms with Gasteiger partial charge in [0.15, 0.2) is 5.78 Å². The molecule has 4 aliphatic carbocycles. The molecular formula is C20H26O3. The first kappa shape index (κ1) is 15.4. The van der Waals surface area contributed by atoms with E-state index in [9.17, 15) is 15.0 Å². The maximum absolute atomic E-state index is 11.7. The fourth-order valence-corrected chi connectivity index (χ4v) is 6.44. The fraction of sp³-hybridized carbons (Fsp3) is 0.750. The molecule has 0 aromatic rings. The van der Waals surface area contributed by atoms with Crippen LogP contribution in [0.2, 0.25) is 0 Å². The molecule has 0 aromatic heterocycles. The van der Waals surface area contributed by atoms with Crippen LogP contribution in [-0.2, 0) is 4.79 Å². The highest BCUT2D eigenvalue weighted by atomic mass is 16.3. The number of aliphatic hydroxyl groups excluding tert-OH is 1. The number of fused-ring (bicyclic) bond motifs is 5. The van der Waals surface area contributed by atoms with Gasteiger partial charge in [-0.05, 0) is 73.8 Å². The highest BCUT2D eigenvalue weighted by Crippen LogP contribution is 2.64. The number of ketones is 1. The van der Waals surface area contributed by atoms with Gasteiger partial charge < -0.3 is 10.2 Å². The van der Waals surface area contributed by atoms with Crippen LogP contribution in [0.4, 0.5) is 0 Å². The predicted octanol–water partition coefficient (Wildman–Crippen LogP) is 2.46. The van der Waals surface area contributed by atoms with Gasteiger partial charge in [-0.3, -0.25) is 4.79 Å². The van der Waals surface area contributed by atoms with E-state index in [1.165, 1.54) is 0 Å². The molecule has 7 atom stereocenters. The SMILES string of the molecule is C#C[C@@]1(O)CC[C@H]2[C@@H]3C[C@@H](O)C4=CC(=O)CC[C@@H]4[C@H]3CC[C@@]21C. The zero-order chi connectivity index (χ0) is 16.4. The molecule has 0 heterocycles. The van der Waals surface area contributed by atoms with Crippen molar-refractivity contribution in [2.45, 2.75) is 63.6 Å². The molecule has 0 unspecified atom stereocenters. The summed E-state index contributed by atoms with van der Waals surface area (Å²) in [4.78, 5) is 11.7. The maximum atomic E-state index is 11.7. The highest BCUT2D eigenvalue weighted by molar-refractivity contribution is 5.91. The minimum atomic E-state index is -0.994. The average molecular weight is 314 g/mol. The Balaban J connectivity index is 1.69. The molecule has 3 fully saturated rings. The van der Waals surface area contributed by atoms with Crippen LogP contribution in [0.15, 0.2) is 11.6 Å². The van der Waals surface area contributed by atoms with Gasteiger partial charge in [0.1, 0.15) is 5.60 Å². The Labute approximate surface area is 138 Å². The van der Waals surface area contributed by atoms with E-state index in [2.05, 4.69) is 12.8 Å². The molecule has 0 spiro atoms. The first-order valence-corrected chi connectivity index (χ1v) is 9.02. The van der Waals surface area contributed by atoms with Gasteiger partial charge in [0.25, 0.3) is 0 Å². The van der Waals surface area contributed by atoms with Crippen molar-refractivity contribution in [3.63, 3.8) is 0 Å². The van der Waals surface area contributed by atoms with Crippen molar-refractivity contribution < 1.29 is 15.0 Å². The number of carbonyl (C=O) groups is 1. The molecule has 0 radical (unpaired) electrons. The van der Waals surface area contributed by atoms with E-state index in [1.807, 2.05) is 0 Å². The molecule has 4 aliphatic rings. The number of hydrogen-bond acceptors (Lipinski definition) is 3. The topological polar surface area (TPSA) is 57.5 Å². The van der Waals surface area contributed by atoms with Crippen LogP contribution in [0.1, 0.15) is 51.9 Å². The van der Waals surface area contributed by atoms with Crippen LogP contribution in [0.25, 0.3) is 0 Å². The van der Waals surface area contributed by atoms with Gasteiger partial charge in [0.05, 0.1) is 6.10 Å². The molecule has 0 saturated heterocycles. The summed E-state index contributed by atoms with van der Waals surface area (Å²) in [6, 6.07) is 0. The molecule has 0 bridgehead atoms. The summed E-state index contributed by atoms with van der Waals surface area (Å²) in [7, 11) is 0. The summed E-state index contributed by atoms with van der Waals surface area (Å²) in [6.45, 7) is 2.16. The van der Waals surface area contributed by atoms with E-state index in [4.69, 9.17) is 6.42 Å². The molecule has 0 aromatic carbocycles. The Morgan fingerprint density at radius 1 is 1.26 bits per heavy atom. The summed E-state index contributed by atoms with van der Waals surface area (Å²) in [5.41, 5.74) is -0.239. The normalized spacial score (nSPS) is 52.0. The second-order valence-corrected chi connectivity index (χ2v) is 8.44. The zero-order valence-corrected chi connectivity index (χ0v) is 13.8. The van der Waals surface area contributed by atoms with Gasteiger partial charge in [-0.25, -0.2) is 0 Å². The Kier molecular flexibility index (Phi) is 3.31. The fourth-order valence-electron chi connectivity index (χ4n) is 6.44. The van der Waals surface area contributed by atoms with Gasteiger partial charge in [0, 0.05) is 11.8 Å². The standard InChI is InChI=1S/C20H26O3/c1-3-20(23)9-7-17-15-11-18(22)16-10-12(21)4-5-13(16)14(15)6-8-19(17,20)2/h1,10,13-15,17-18,22-23H,4-9,11H2,2H3/t13-,14-,15-,17+,18-,19+,20-/m1/s1. The lowest BCUT2D eigenvalue weighted by Crippen LogP contribution is -2.53. The third kappa shape index (κ3) is 1.95. The minimum Gasteiger partial charge on any atom is -0.389 e. The average Bonchev–Trinajstić information content (AvgIpc) is 2.80. The van der Waals surface area contributed by atoms with Gasteiger partial charge in [0.2, 0.25) is 0 Å². The Morgan fingerprint density at radius 3 is 2.78 bits per heavy atom. The van der Waals surface area contributed by atoms with Gasteiger partial charge in [-0.1, -0.05) is 12.8 Å². The van der Waals surface area contributed by atoms with E-state index >= 15 is 0 Å². The molecule has 0 aliphatic heterocycles. The minimum absolute atomic E-state index is 0.164. The molecule has 3 heteroatoms. The number of aliphatic hydroxyl groups is 2. The smallest absolute Gasteiger partial charge is 0.155 e. The lowest BCUT2D eigenvalue weighted by Gasteiger charge is -2.55. The van der Waals surface area contributed by atoms with E-state index in [0.29, 0.717) is 36.5 Å². The molecule has 23 heavy (non-hydrogen) atoms. The Hall–Kier alpha value is -1.11. The zero-order valence-electron chi connectivity index (χ0n) is 13.8. The Morgan fingerprint density at radius 2 is 2.04 bits per heavy atom. The number of hydrogen-bond donors (Lipinski definition) is 2. The summed E-state index contributed by atoms with van der Waals surface area (Å²) in [5.74, 6) is 4.54. The van der Waals surface area contributed by atoms with Gasteiger partial charge in [-0.15, -0.1) is 6.42 Å². The molecule has 3 saturated carbocycles. The molecule has 124 valence electrons. The van der Waals surface area contributed by atoms with Crippen LogP contribution < -0.4 is 0 Å². The predicted molar refractivity (Wildman–Crippen MR) is 87.3 cm³/mol. The summed E-state index contributed by atoms with van der Waals surface area (Å²) >= 11 is 0. The molecule has 4 rings (SSSR count). The van der Waals surface area contributed by atoms with Crippen molar-refractivity contribution in [3.05, 3.63) is 11.6 Å². The van der Waals surface area contributed by atoms with Crippen LogP contribution in [0.5, 0.6) is 0 Å². The largest absolute Gasteiger partial charge is 0.389 e. The Bertz CT molecular complexity index is 615. The van der Waals surface area contributed by atoms with Crippen LogP contribution in [0.3, 0.4) is 0 Å². The van der Waals surface area contributed by atoms with Crippen molar-refractivity contribution in [1.82, 2.24) is 0 Å². The van der Waals surface area contributed by atoms with E-state index in [-0.39, 0.29) is 11.2 Å². The summed E-state index contributed by atoms with van der Waals surface area (Å²) in [6.07, 6.45) is 12.7. The third-order valence-corrected chi connectivity index (χ3v) is 7.74. The monoisotopic (exact) mass is 314 g/mol. The van der Waals surface area contributed by atoms with Crippen LogP contribution in [0, 0.1) is 41.4 Å². The third-order valence-electron chi connectivity index (χ3n) is 7.74. The summed E-state index contributed by atoms with van der Waals surface area (Å²) < 4.78 is 0. The highest BCUT2D eigenvalue weighted by Gasteiger charge is 2.62. The number of carbonyl (C=O) groups excluding carboxylic acids is 1. The van der Waals surface area contributed by atoms with E-state index in [0.717, 1.165) is 37.7 Å². The lowest BCUT2D eigenvalue weighted by atomic mass is 9.50. The summed E-state index contributed by atoms with van der Waals surface area (Å²) in [5, 5.41) is 21.6. The van der Waals surface area contributed by atoms with Crippen molar-refractivity contribution in [2.24, 2.45) is 29.1 Å². The van der Waals surface area contributed by atoms with Crippen molar-refractivity contribution >= 4 is 5.78 Å². The first-order valence-electron chi connectivity index (χ1n) is 9.02. The first-order chi connectivity index (χ1) is 10.9. The van der Waals surface area contributed by atoms with Crippen molar-refractivity contribution in [3.8, 4) is 12.3 Å². The molecule has 2 N–H and O–H groups in total. The van der Waals surface area contributed by atoms with Crippen LogP contribution >= 0.6 is 0 Å². The molecule has 0 amide bonds. The second-order valence-electron chi connectivity index (χ2n) is 8.44. The second kappa shape index (κ2) is 4.94. The molecular weight excluding hydrogens is 288 g/mol. The van der Waals surface area contributed by atoms with Crippen molar-refractivity contribution in [2.75, 3.05) is 0 Å². The van der Waals surface area contributed by atoms with E-state index < -0.39 is 11.7 Å². The molecule has 3 nitrogen and oxygen atoms in total. The van der Waals surface area contributed by atoms with Crippen molar-refractivity contribution in [1.29, 1.82) is 0 Å². The van der Waals surface area contributed by atoms with Gasteiger partial charge in [-0.2, -0.15) is 0 Å². The quantitative estimate of drug-likeness (QED) is 0.675. The lowest BCUT2D eigenvalue weighted by molar-refractivity contribution is -0.118.